The van der Waals surface area contributed by atoms with Gasteiger partial charge in [-0.1, -0.05) is 30.3 Å². The molecule has 5 rings (SSSR count). The molecular formula is C27H23N5O3. The molecule has 0 saturated carbocycles. The van der Waals surface area contributed by atoms with Crippen LogP contribution >= 0.6 is 0 Å². The van der Waals surface area contributed by atoms with E-state index in [0.717, 1.165) is 11.3 Å². The highest BCUT2D eigenvalue weighted by molar-refractivity contribution is 6.08. The third kappa shape index (κ3) is 4.41. The molecule has 35 heavy (non-hydrogen) atoms. The minimum Gasteiger partial charge on any atom is -0.455 e. The highest BCUT2D eigenvalue weighted by Gasteiger charge is 2.26. The zero-order valence-electron chi connectivity index (χ0n) is 19.3. The van der Waals surface area contributed by atoms with E-state index < -0.39 is 0 Å². The van der Waals surface area contributed by atoms with Gasteiger partial charge in [-0.15, -0.1) is 0 Å². The van der Waals surface area contributed by atoms with Crippen molar-refractivity contribution >= 4 is 29.1 Å². The van der Waals surface area contributed by atoms with Crippen LogP contribution in [0, 0.1) is 0 Å². The van der Waals surface area contributed by atoms with Crippen LogP contribution in [-0.2, 0) is 6.54 Å². The zero-order valence-corrected chi connectivity index (χ0v) is 19.3. The van der Waals surface area contributed by atoms with Crippen LogP contribution in [-0.4, -0.2) is 35.9 Å². The van der Waals surface area contributed by atoms with Gasteiger partial charge in [0.15, 0.2) is 5.75 Å². The summed E-state index contributed by atoms with van der Waals surface area (Å²) >= 11 is 0. The zero-order chi connectivity index (χ0) is 24.4. The number of fused-ring (bicyclic) bond motifs is 2. The molecule has 3 heterocycles. The van der Waals surface area contributed by atoms with Crippen molar-refractivity contribution in [3.05, 3.63) is 102 Å². The fourth-order valence-electron chi connectivity index (χ4n) is 3.92. The molecule has 0 aliphatic carbocycles. The summed E-state index contributed by atoms with van der Waals surface area (Å²) in [4.78, 5) is 38.3. The molecule has 0 atom stereocenters. The summed E-state index contributed by atoms with van der Waals surface area (Å²) in [6.45, 7) is 0.360. The first-order valence-electron chi connectivity index (χ1n) is 11.1. The molecule has 8 nitrogen and oxygen atoms in total. The summed E-state index contributed by atoms with van der Waals surface area (Å²) in [5.74, 6) is 1.67. The van der Waals surface area contributed by atoms with Gasteiger partial charge in [0.05, 0.1) is 23.4 Å². The topological polar surface area (TPSA) is 87.7 Å². The lowest BCUT2D eigenvalue weighted by Gasteiger charge is -2.22. The monoisotopic (exact) mass is 465 g/mol. The van der Waals surface area contributed by atoms with Crippen LogP contribution in [0.2, 0.25) is 0 Å². The fraction of sp³-hybridized carbons (Fsp3) is 0.111. The van der Waals surface area contributed by atoms with Gasteiger partial charge in [0, 0.05) is 32.1 Å². The molecule has 174 valence electrons. The molecule has 2 aromatic heterocycles. The Morgan fingerprint density at radius 3 is 2.46 bits per heavy atom. The second kappa shape index (κ2) is 9.26. The van der Waals surface area contributed by atoms with Gasteiger partial charge in [-0.05, 0) is 42.5 Å². The van der Waals surface area contributed by atoms with Gasteiger partial charge < -0.3 is 19.9 Å². The van der Waals surface area contributed by atoms with Gasteiger partial charge in [-0.2, -0.15) is 0 Å². The van der Waals surface area contributed by atoms with Gasteiger partial charge in [-0.25, -0.2) is 9.97 Å². The van der Waals surface area contributed by atoms with E-state index in [0.29, 0.717) is 40.7 Å². The number of anilines is 3. The average Bonchev–Trinajstić information content (AvgIpc) is 3.05. The molecule has 1 aliphatic rings. The smallest absolute Gasteiger partial charge is 0.260 e. The van der Waals surface area contributed by atoms with E-state index in [2.05, 4.69) is 15.3 Å². The number of hydrogen-bond acceptors (Lipinski definition) is 6. The van der Waals surface area contributed by atoms with Crippen LogP contribution in [0.15, 0.2) is 85.2 Å². The molecular weight excluding hydrogens is 442 g/mol. The number of hydrogen-bond donors (Lipinski definition) is 1. The molecule has 2 aromatic carbocycles. The lowest BCUT2D eigenvalue weighted by molar-refractivity contribution is 0.0984. The quantitative estimate of drug-likeness (QED) is 0.468. The van der Waals surface area contributed by atoms with Gasteiger partial charge in [-0.3, -0.25) is 9.59 Å². The fourth-order valence-corrected chi connectivity index (χ4v) is 3.92. The molecule has 1 aliphatic heterocycles. The van der Waals surface area contributed by atoms with Crippen LogP contribution in [0.3, 0.4) is 0 Å². The number of nitrogens with one attached hydrogen (secondary N) is 1. The average molecular weight is 466 g/mol. The van der Waals surface area contributed by atoms with Crippen molar-refractivity contribution in [1.29, 1.82) is 0 Å². The number of carbonyl (C=O) groups is 2. The maximum atomic E-state index is 13.5. The van der Waals surface area contributed by atoms with E-state index in [1.807, 2.05) is 62.6 Å². The summed E-state index contributed by atoms with van der Waals surface area (Å²) < 4.78 is 6.08. The van der Waals surface area contributed by atoms with Crippen molar-refractivity contribution in [2.45, 2.75) is 6.54 Å². The standard InChI is InChI=1S/C27H23N5O3/c1-31(2)25-20(9-7-15-28-25)26(33)30-24-14-13-18(16-29-24)27(34)32-17-19-8-3-5-11-22(19)35-23-12-6-4-10-21(23)32/h3-16H,17H2,1-2H3,(H,29,30,33). The first-order chi connectivity index (χ1) is 17.0. The number of aromatic nitrogens is 2. The molecule has 0 spiro atoms. The van der Waals surface area contributed by atoms with Crippen LogP contribution < -0.4 is 19.9 Å². The van der Waals surface area contributed by atoms with E-state index in [9.17, 15) is 9.59 Å². The van der Waals surface area contributed by atoms with E-state index >= 15 is 0 Å². The van der Waals surface area contributed by atoms with Crippen LogP contribution in [0.1, 0.15) is 26.3 Å². The Morgan fingerprint density at radius 2 is 1.69 bits per heavy atom. The van der Waals surface area contributed by atoms with E-state index in [1.165, 1.54) is 6.20 Å². The van der Waals surface area contributed by atoms with E-state index in [-0.39, 0.29) is 11.8 Å². The molecule has 0 saturated heterocycles. The summed E-state index contributed by atoms with van der Waals surface area (Å²) in [5.41, 5.74) is 2.41. The van der Waals surface area contributed by atoms with Gasteiger partial charge in [0.1, 0.15) is 17.4 Å². The van der Waals surface area contributed by atoms with Gasteiger partial charge in [0.25, 0.3) is 11.8 Å². The lowest BCUT2D eigenvalue weighted by atomic mass is 10.1. The Kier molecular flexibility index (Phi) is 5.85. The number of benzene rings is 2. The molecule has 0 fully saturated rings. The minimum atomic E-state index is -0.330. The van der Waals surface area contributed by atoms with Crippen LogP contribution in [0.4, 0.5) is 17.3 Å². The molecule has 0 bridgehead atoms. The maximum Gasteiger partial charge on any atom is 0.260 e. The molecule has 8 heteroatoms. The van der Waals surface area contributed by atoms with Crippen molar-refractivity contribution < 1.29 is 14.3 Å². The minimum absolute atomic E-state index is 0.217. The maximum absolute atomic E-state index is 13.5. The number of amides is 2. The van der Waals surface area contributed by atoms with E-state index in [4.69, 9.17) is 4.74 Å². The van der Waals surface area contributed by atoms with E-state index in [1.54, 1.807) is 40.3 Å². The SMILES string of the molecule is CN(C)c1ncccc1C(=O)Nc1ccc(C(=O)N2Cc3ccccc3Oc3ccccc32)cn1. The van der Waals surface area contributed by atoms with Crippen molar-refractivity contribution in [1.82, 2.24) is 9.97 Å². The summed E-state index contributed by atoms with van der Waals surface area (Å²) in [5, 5.41) is 2.78. The Morgan fingerprint density at radius 1 is 0.914 bits per heavy atom. The van der Waals surface area contributed by atoms with Crippen molar-refractivity contribution in [2.75, 3.05) is 29.2 Å². The summed E-state index contributed by atoms with van der Waals surface area (Å²) in [7, 11) is 3.64. The second-order valence-corrected chi connectivity index (χ2v) is 8.22. The van der Waals surface area contributed by atoms with Crippen molar-refractivity contribution in [3.63, 3.8) is 0 Å². The molecule has 1 N–H and O–H groups in total. The van der Waals surface area contributed by atoms with Crippen LogP contribution in [0.25, 0.3) is 0 Å². The predicted molar refractivity (Wildman–Crippen MR) is 134 cm³/mol. The van der Waals surface area contributed by atoms with Gasteiger partial charge >= 0.3 is 0 Å². The Balaban J connectivity index is 1.39. The first kappa shape index (κ1) is 22.1. The Labute approximate surface area is 202 Å². The number of carbonyl (C=O) groups excluding carboxylic acids is 2. The number of ether oxygens (including phenoxy) is 1. The third-order valence-electron chi connectivity index (χ3n) is 5.63. The Hall–Kier alpha value is -4.72. The molecule has 0 unspecified atom stereocenters. The normalized spacial score (nSPS) is 12.0. The predicted octanol–water partition coefficient (Wildman–Crippen LogP) is 4.75. The number of pyridine rings is 2. The molecule has 4 aromatic rings. The second-order valence-electron chi connectivity index (χ2n) is 8.22. The highest BCUT2D eigenvalue weighted by atomic mass is 16.5. The Bertz CT molecular complexity index is 1400. The first-order valence-corrected chi connectivity index (χ1v) is 11.1. The van der Waals surface area contributed by atoms with Crippen LogP contribution in [0.5, 0.6) is 11.5 Å². The molecule has 2 amide bonds. The third-order valence-corrected chi connectivity index (χ3v) is 5.63. The number of para-hydroxylation sites is 3. The summed E-state index contributed by atoms with van der Waals surface area (Å²) in [6, 6.07) is 21.8. The van der Waals surface area contributed by atoms with Crippen molar-refractivity contribution in [3.8, 4) is 11.5 Å². The lowest BCUT2D eigenvalue weighted by Crippen LogP contribution is -2.30. The number of rotatable bonds is 4. The largest absolute Gasteiger partial charge is 0.455 e. The highest BCUT2D eigenvalue weighted by Crippen LogP contribution is 2.39. The number of nitrogens with zero attached hydrogens (tertiary/aromatic N) is 4. The molecule has 0 radical (unpaired) electrons. The van der Waals surface area contributed by atoms with Crippen molar-refractivity contribution in [2.24, 2.45) is 0 Å². The summed E-state index contributed by atoms with van der Waals surface area (Å²) in [6.07, 6.45) is 3.10. The van der Waals surface area contributed by atoms with Gasteiger partial charge in [0.2, 0.25) is 0 Å².